The fourth-order valence-electron chi connectivity index (χ4n) is 8.89. The van der Waals surface area contributed by atoms with Gasteiger partial charge in [0.15, 0.2) is 17.5 Å². The Balaban J connectivity index is 1.22. The zero-order valence-electron chi connectivity index (χ0n) is 30.4. The van der Waals surface area contributed by atoms with Gasteiger partial charge in [-0.2, -0.15) is 0 Å². The predicted octanol–water partition coefficient (Wildman–Crippen LogP) is 12.3. The van der Waals surface area contributed by atoms with Gasteiger partial charge in [0, 0.05) is 33.2 Å². The molecule has 1 aliphatic rings. The van der Waals surface area contributed by atoms with E-state index in [1.54, 1.807) is 0 Å². The minimum absolute atomic E-state index is 0.509. The van der Waals surface area contributed by atoms with Crippen molar-refractivity contribution in [2.75, 3.05) is 0 Å². The summed E-state index contributed by atoms with van der Waals surface area (Å²) in [4.78, 5) is 15.2. The molecule has 0 bridgehead atoms. The van der Waals surface area contributed by atoms with Crippen LogP contribution in [0.4, 0.5) is 0 Å². The largest absolute Gasteiger partial charge is 0.309 e. The third-order valence-electron chi connectivity index (χ3n) is 11.3. The van der Waals surface area contributed by atoms with E-state index in [-0.39, 0.29) is 0 Å². The first kappa shape index (κ1) is 32.0. The van der Waals surface area contributed by atoms with Crippen LogP contribution in [0.15, 0.2) is 206 Å². The van der Waals surface area contributed by atoms with Crippen molar-refractivity contribution < 1.29 is 0 Å². The second kappa shape index (κ2) is 12.9. The molecule has 0 saturated heterocycles. The van der Waals surface area contributed by atoms with Crippen LogP contribution < -0.4 is 0 Å². The van der Waals surface area contributed by atoms with Crippen LogP contribution in [0.25, 0.3) is 72.8 Å². The summed E-state index contributed by atoms with van der Waals surface area (Å²) in [5.41, 5.74) is 13.3. The van der Waals surface area contributed by atoms with Gasteiger partial charge in [0.1, 0.15) is 0 Å². The van der Waals surface area contributed by atoms with Crippen molar-refractivity contribution in [1.82, 2.24) is 19.5 Å². The maximum absolute atomic E-state index is 5.11. The lowest BCUT2D eigenvalue weighted by Crippen LogP contribution is -2.28. The first-order chi connectivity index (χ1) is 27.8. The van der Waals surface area contributed by atoms with Crippen molar-refractivity contribution in [2.45, 2.75) is 5.41 Å². The minimum Gasteiger partial charge on any atom is -0.309 e. The molecule has 2 aromatic heterocycles. The van der Waals surface area contributed by atoms with Gasteiger partial charge in [-0.1, -0.05) is 164 Å². The summed E-state index contributed by atoms with van der Waals surface area (Å²) in [7, 11) is 0. The van der Waals surface area contributed by atoms with Gasteiger partial charge >= 0.3 is 0 Å². The Morgan fingerprint density at radius 1 is 0.339 bits per heavy atom. The maximum Gasteiger partial charge on any atom is 0.164 e. The minimum atomic E-state index is -0.509. The van der Waals surface area contributed by atoms with Crippen LogP contribution in [-0.4, -0.2) is 19.5 Å². The topological polar surface area (TPSA) is 43.6 Å². The van der Waals surface area contributed by atoms with Crippen molar-refractivity contribution in [3.63, 3.8) is 0 Å². The smallest absolute Gasteiger partial charge is 0.164 e. The SMILES string of the molecule is c1ccc(-c2nc(-c3ccccc3)nc(-c3ccc4c(c3)c3cc5c(cc3n4-c3ccccc3)-c3ccccc3C5(c3ccccc3)c3ccccc3)n2)cc1. The van der Waals surface area contributed by atoms with Crippen LogP contribution in [0.2, 0.25) is 0 Å². The molecule has 0 spiro atoms. The van der Waals surface area contributed by atoms with Crippen molar-refractivity contribution in [2.24, 2.45) is 0 Å². The second-order valence-corrected chi connectivity index (χ2v) is 14.4. The highest BCUT2D eigenvalue weighted by Gasteiger charge is 2.46. The highest BCUT2D eigenvalue weighted by Crippen LogP contribution is 2.57. The molecule has 0 amide bonds. The molecule has 4 heteroatoms. The lowest BCUT2D eigenvalue weighted by atomic mass is 9.67. The summed E-state index contributed by atoms with van der Waals surface area (Å²) in [5, 5.41) is 2.31. The van der Waals surface area contributed by atoms with Gasteiger partial charge in [-0.05, 0) is 75.8 Å². The summed E-state index contributed by atoms with van der Waals surface area (Å²) in [6, 6.07) is 73.5. The van der Waals surface area contributed by atoms with E-state index in [9.17, 15) is 0 Å². The third kappa shape index (κ3) is 4.89. The molecule has 11 rings (SSSR count). The fraction of sp³-hybridized carbons (Fsp3) is 0.0192. The van der Waals surface area contributed by atoms with E-state index < -0.39 is 5.41 Å². The molecule has 0 radical (unpaired) electrons. The Kier molecular flexibility index (Phi) is 7.36. The molecular weight excluding hydrogens is 681 g/mol. The van der Waals surface area contributed by atoms with E-state index in [0.717, 1.165) is 38.8 Å². The molecule has 0 fully saturated rings. The molecule has 1 aliphatic carbocycles. The molecule has 0 saturated carbocycles. The monoisotopic (exact) mass is 714 g/mol. The summed E-state index contributed by atoms with van der Waals surface area (Å²) in [5.74, 6) is 1.93. The lowest BCUT2D eigenvalue weighted by molar-refractivity contribution is 0.769. The van der Waals surface area contributed by atoms with Crippen LogP contribution in [0, 0.1) is 0 Å². The van der Waals surface area contributed by atoms with Gasteiger partial charge in [-0.3, -0.25) is 0 Å². The number of nitrogens with zero attached hydrogens (tertiary/aromatic N) is 4. The molecule has 2 heterocycles. The number of hydrogen-bond acceptors (Lipinski definition) is 3. The molecule has 8 aromatic carbocycles. The van der Waals surface area contributed by atoms with E-state index in [4.69, 9.17) is 15.0 Å². The molecule has 0 unspecified atom stereocenters. The van der Waals surface area contributed by atoms with Gasteiger partial charge in [0.25, 0.3) is 0 Å². The lowest BCUT2D eigenvalue weighted by Gasteiger charge is -2.34. The molecular formula is C52H34N4. The van der Waals surface area contributed by atoms with E-state index >= 15 is 0 Å². The summed E-state index contributed by atoms with van der Waals surface area (Å²) >= 11 is 0. The van der Waals surface area contributed by atoms with Crippen LogP contribution in [0.3, 0.4) is 0 Å². The van der Waals surface area contributed by atoms with Gasteiger partial charge < -0.3 is 4.57 Å². The molecule has 0 atom stereocenters. The Labute approximate surface area is 325 Å². The molecule has 0 N–H and O–H groups in total. The van der Waals surface area contributed by atoms with Crippen LogP contribution in [0.5, 0.6) is 0 Å². The van der Waals surface area contributed by atoms with Crippen LogP contribution in [-0.2, 0) is 5.41 Å². The Bertz CT molecular complexity index is 2950. The van der Waals surface area contributed by atoms with E-state index in [2.05, 4.69) is 174 Å². The third-order valence-corrected chi connectivity index (χ3v) is 11.3. The normalized spacial score (nSPS) is 12.8. The molecule has 56 heavy (non-hydrogen) atoms. The number of aromatic nitrogens is 4. The number of fused-ring (bicyclic) bond motifs is 6. The summed E-state index contributed by atoms with van der Waals surface area (Å²) in [6.07, 6.45) is 0. The molecule has 10 aromatic rings. The highest BCUT2D eigenvalue weighted by molar-refractivity contribution is 6.12. The fourth-order valence-corrected chi connectivity index (χ4v) is 8.89. The average Bonchev–Trinajstić information content (AvgIpc) is 3.76. The quantitative estimate of drug-likeness (QED) is 0.172. The summed E-state index contributed by atoms with van der Waals surface area (Å²) in [6.45, 7) is 0. The maximum atomic E-state index is 5.11. The first-order valence-electron chi connectivity index (χ1n) is 19.0. The number of rotatable bonds is 6. The van der Waals surface area contributed by atoms with E-state index in [1.165, 1.54) is 38.8 Å². The second-order valence-electron chi connectivity index (χ2n) is 14.4. The molecule has 262 valence electrons. The van der Waals surface area contributed by atoms with Crippen molar-refractivity contribution in [1.29, 1.82) is 0 Å². The zero-order valence-corrected chi connectivity index (χ0v) is 30.4. The van der Waals surface area contributed by atoms with E-state index in [0.29, 0.717) is 17.5 Å². The van der Waals surface area contributed by atoms with Gasteiger partial charge in [0.2, 0.25) is 0 Å². The first-order valence-corrected chi connectivity index (χ1v) is 19.0. The van der Waals surface area contributed by atoms with Gasteiger partial charge in [-0.25, -0.2) is 15.0 Å². The zero-order chi connectivity index (χ0) is 37.1. The standard InChI is InChI=1S/C52H34N4/c1-6-18-35(19-7-1)49-53-50(36-20-8-2-9-21-36)55-51(54-49)37-30-31-47-43(32-37)44-33-46-42(34-48(44)56(47)40-26-14-5-15-27-40)41-28-16-17-29-45(41)52(46,38-22-10-3-11-23-38)39-24-12-4-13-25-39/h1-34H. The van der Waals surface area contributed by atoms with Gasteiger partial charge in [0.05, 0.1) is 16.4 Å². The van der Waals surface area contributed by atoms with Crippen LogP contribution in [0.1, 0.15) is 22.3 Å². The highest BCUT2D eigenvalue weighted by atomic mass is 15.0. The number of para-hydroxylation sites is 1. The molecule has 0 aliphatic heterocycles. The molecule has 4 nitrogen and oxygen atoms in total. The Morgan fingerprint density at radius 3 is 1.41 bits per heavy atom. The number of benzene rings is 8. The van der Waals surface area contributed by atoms with E-state index in [1.807, 2.05) is 36.4 Å². The van der Waals surface area contributed by atoms with Crippen molar-refractivity contribution in [3.8, 4) is 51.0 Å². The predicted molar refractivity (Wildman–Crippen MR) is 228 cm³/mol. The number of hydrogen-bond donors (Lipinski definition) is 0. The summed E-state index contributed by atoms with van der Waals surface area (Å²) < 4.78 is 2.40. The Hall–Kier alpha value is -7.43. The van der Waals surface area contributed by atoms with Crippen LogP contribution >= 0.6 is 0 Å². The Morgan fingerprint density at radius 2 is 0.821 bits per heavy atom. The van der Waals surface area contributed by atoms with Gasteiger partial charge in [-0.15, -0.1) is 0 Å². The van der Waals surface area contributed by atoms with Crippen molar-refractivity contribution in [3.05, 3.63) is 229 Å². The average molecular weight is 715 g/mol. The van der Waals surface area contributed by atoms with Crippen molar-refractivity contribution >= 4 is 21.8 Å².